The molecule has 16 heavy (non-hydrogen) atoms. The lowest BCUT2D eigenvalue weighted by molar-refractivity contribution is -0.139. The minimum atomic E-state index is -0.478. The summed E-state index contributed by atoms with van der Waals surface area (Å²) in [6, 6.07) is -0.00990. The van der Waals surface area contributed by atoms with Crippen LogP contribution in [-0.4, -0.2) is 42.9 Å². The molecule has 0 saturated carbocycles. The lowest BCUT2D eigenvalue weighted by Crippen LogP contribution is -2.46. The Morgan fingerprint density at radius 1 is 1.31 bits per heavy atom. The molecule has 0 aliphatic rings. The van der Waals surface area contributed by atoms with E-state index in [1.165, 1.54) is 4.90 Å². The molecule has 0 aromatic carbocycles. The first-order chi connectivity index (χ1) is 6.90. The van der Waals surface area contributed by atoms with Gasteiger partial charge in [0.2, 0.25) is 11.8 Å². The molecule has 0 aliphatic heterocycles. The molecule has 96 valence electrons. The molecule has 0 heterocycles. The van der Waals surface area contributed by atoms with Gasteiger partial charge in [0.25, 0.3) is 0 Å². The van der Waals surface area contributed by atoms with Crippen molar-refractivity contribution in [2.45, 2.75) is 26.8 Å². The summed E-state index contributed by atoms with van der Waals surface area (Å²) in [4.78, 5) is 24.2. The highest BCUT2D eigenvalue weighted by Crippen LogP contribution is 2.05. The second kappa shape index (κ2) is 8.35. The topological polar surface area (TPSA) is 75.4 Å². The van der Waals surface area contributed by atoms with E-state index in [0.717, 1.165) is 0 Å². The minimum Gasteiger partial charge on any atom is -0.368 e. The standard InChI is InChI=1S/C10H21N3O2.ClH/c1-7(2)13(6-9(11)14)10(15)8(3)5-12-4;/h7-8,12H,5-6H2,1-4H3,(H2,11,14);1H. The van der Waals surface area contributed by atoms with Crippen LogP contribution < -0.4 is 11.1 Å². The highest BCUT2D eigenvalue weighted by atomic mass is 35.5. The van der Waals surface area contributed by atoms with Gasteiger partial charge >= 0.3 is 0 Å². The monoisotopic (exact) mass is 251 g/mol. The van der Waals surface area contributed by atoms with Crippen molar-refractivity contribution in [1.29, 1.82) is 0 Å². The second-order valence-corrected chi connectivity index (χ2v) is 3.98. The predicted octanol–water partition coefficient (Wildman–Crippen LogP) is -0.0140. The van der Waals surface area contributed by atoms with Gasteiger partial charge in [-0.2, -0.15) is 0 Å². The van der Waals surface area contributed by atoms with Crippen LogP contribution in [0.3, 0.4) is 0 Å². The summed E-state index contributed by atoms with van der Waals surface area (Å²) in [5, 5.41) is 2.93. The van der Waals surface area contributed by atoms with E-state index in [4.69, 9.17) is 5.73 Å². The summed E-state index contributed by atoms with van der Waals surface area (Å²) in [5.41, 5.74) is 5.09. The fourth-order valence-corrected chi connectivity index (χ4v) is 1.36. The van der Waals surface area contributed by atoms with Gasteiger partial charge in [-0.1, -0.05) is 6.92 Å². The van der Waals surface area contributed by atoms with Crippen LogP contribution in [0.5, 0.6) is 0 Å². The maximum atomic E-state index is 11.9. The maximum absolute atomic E-state index is 11.9. The molecule has 0 rings (SSSR count). The van der Waals surface area contributed by atoms with Gasteiger partial charge in [-0.3, -0.25) is 9.59 Å². The van der Waals surface area contributed by atoms with E-state index in [-0.39, 0.29) is 36.8 Å². The summed E-state index contributed by atoms with van der Waals surface area (Å²) in [7, 11) is 1.79. The average Bonchev–Trinajstić information content (AvgIpc) is 2.12. The van der Waals surface area contributed by atoms with Crippen molar-refractivity contribution in [3.8, 4) is 0 Å². The number of carbonyl (C=O) groups is 2. The van der Waals surface area contributed by atoms with E-state index in [1.807, 2.05) is 20.8 Å². The van der Waals surface area contributed by atoms with E-state index in [2.05, 4.69) is 5.32 Å². The van der Waals surface area contributed by atoms with Crippen LogP contribution in [-0.2, 0) is 9.59 Å². The Morgan fingerprint density at radius 3 is 2.12 bits per heavy atom. The fraction of sp³-hybridized carbons (Fsp3) is 0.800. The van der Waals surface area contributed by atoms with Crippen LogP contribution in [0.4, 0.5) is 0 Å². The van der Waals surface area contributed by atoms with Crippen LogP contribution in [0.2, 0.25) is 0 Å². The third-order valence-electron chi connectivity index (χ3n) is 2.16. The summed E-state index contributed by atoms with van der Waals surface area (Å²) in [6.45, 7) is 6.15. The quantitative estimate of drug-likeness (QED) is 0.697. The largest absolute Gasteiger partial charge is 0.368 e. The number of hydrogen-bond acceptors (Lipinski definition) is 3. The first kappa shape index (κ1) is 17.6. The van der Waals surface area contributed by atoms with E-state index in [1.54, 1.807) is 7.05 Å². The van der Waals surface area contributed by atoms with Crippen molar-refractivity contribution in [2.24, 2.45) is 11.7 Å². The summed E-state index contributed by atoms with van der Waals surface area (Å²) in [6.07, 6.45) is 0. The molecule has 2 amide bonds. The van der Waals surface area contributed by atoms with Gasteiger partial charge in [0.15, 0.2) is 0 Å². The first-order valence-electron chi connectivity index (χ1n) is 5.13. The molecular weight excluding hydrogens is 230 g/mol. The Bertz CT molecular complexity index is 234. The molecule has 0 aromatic heterocycles. The number of primary amides is 1. The van der Waals surface area contributed by atoms with Gasteiger partial charge in [0.05, 0.1) is 6.54 Å². The molecule has 0 spiro atoms. The zero-order chi connectivity index (χ0) is 12.0. The maximum Gasteiger partial charge on any atom is 0.237 e. The Kier molecular flexibility index (Phi) is 9.18. The fourth-order valence-electron chi connectivity index (χ4n) is 1.36. The molecule has 1 unspecified atom stereocenters. The molecule has 6 heteroatoms. The Labute approximate surface area is 103 Å². The van der Waals surface area contributed by atoms with Crippen molar-refractivity contribution in [3.63, 3.8) is 0 Å². The minimum absolute atomic E-state index is 0. The van der Waals surface area contributed by atoms with Crippen molar-refractivity contribution < 1.29 is 9.59 Å². The highest BCUT2D eigenvalue weighted by Gasteiger charge is 2.23. The lowest BCUT2D eigenvalue weighted by Gasteiger charge is -2.28. The number of hydrogen-bond donors (Lipinski definition) is 2. The number of nitrogens with one attached hydrogen (secondary N) is 1. The Balaban J connectivity index is 0. The van der Waals surface area contributed by atoms with Gasteiger partial charge < -0.3 is 16.0 Å². The Morgan fingerprint density at radius 2 is 1.81 bits per heavy atom. The van der Waals surface area contributed by atoms with E-state index < -0.39 is 5.91 Å². The van der Waals surface area contributed by atoms with E-state index in [0.29, 0.717) is 6.54 Å². The molecule has 3 N–H and O–H groups in total. The van der Waals surface area contributed by atoms with Crippen molar-refractivity contribution in [3.05, 3.63) is 0 Å². The molecule has 0 fully saturated rings. The molecule has 0 aromatic rings. The van der Waals surface area contributed by atoms with Crippen LogP contribution in [0.1, 0.15) is 20.8 Å². The molecular formula is C10H22ClN3O2. The zero-order valence-electron chi connectivity index (χ0n) is 10.3. The number of halogens is 1. The smallest absolute Gasteiger partial charge is 0.237 e. The van der Waals surface area contributed by atoms with Gasteiger partial charge in [0.1, 0.15) is 0 Å². The van der Waals surface area contributed by atoms with Crippen molar-refractivity contribution >= 4 is 24.2 Å². The second-order valence-electron chi connectivity index (χ2n) is 3.98. The van der Waals surface area contributed by atoms with Gasteiger partial charge in [-0.25, -0.2) is 0 Å². The molecule has 0 aliphatic carbocycles. The van der Waals surface area contributed by atoms with Crippen LogP contribution in [0, 0.1) is 5.92 Å². The Hall–Kier alpha value is -0.810. The molecule has 5 nitrogen and oxygen atoms in total. The zero-order valence-corrected chi connectivity index (χ0v) is 11.1. The summed E-state index contributed by atoms with van der Waals surface area (Å²) in [5.74, 6) is -0.663. The molecule has 0 bridgehead atoms. The first-order valence-corrected chi connectivity index (χ1v) is 5.13. The predicted molar refractivity (Wildman–Crippen MR) is 66.4 cm³/mol. The highest BCUT2D eigenvalue weighted by molar-refractivity contribution is 5.85. The SMILES string of the molecule is CNCC(C)C(=O)N(CC(N)=O)C(C)C.Cl. The number of carbonyl (C=O) groups excluding carboxylic acids is 2. The summed E-state index contributed by atoms with van der Waals surface area (Å²) >= 11 is 0. The number of amides is 2. The average molecular weight is 252 g/mol. The van der Waals surface area contributed by atoms with E-state index >= 15 is 0 Å². The molecule has 1 atom stereocenters. The number of nitrogens with zero attached hydrogens (tertiary/aromatic N) is 1. The lowest BCUT2D eigenvalue weighted by atomic mass is 10.1. The van der Waals surface area contributed by atoms with Crippen molar-refractivity contribution in [1.82, 2.24) is 10.2 Å². The van der Waals surface area contributed by atoms with Crippen LogP contribution in [0.15, 0.2) is 0 Å². The summed E-state index contributed by atoms with van der Waals surface area (Å²) < 4.78 is 0. The van der Waals surface area contributed by atoms with Gasteiger partial charge in [0, 0.05) is 18.5 Å². The third-order valence-corrected chi connectivity index (χ3v) is 2.16. The van der Waals surface area contributed by atoms with Crippen LogP contribution in [0.25, 0.3) is 0 Å². The number of rotatable bonds is 6. The normalized spacial score (nSPS) is 11.8. The number of nitrogens with two attached hydrogens (primary N) is 1. The molecule has 0 saturated heterocycles. The molecule has 0 radical (unpaired) electrons. The van der Waals surface area contributed by atoms with Gasteiger partial charge in [-0.05, 0) is 20.9 Å². The van der Waals surface area contributed by atoms with Gasteiger partial charge in [-0.15, -0.1) is 12.4 Å². The third kappa shape index (κ3) is 5.92. The van der Waals surface area contributed by atoms with E-state index in [9.17, 15) is 9.59 Å². The van der Waals surface area contributed by atoms with Crippen LogP contribution >= 0.6 is 12.4 Å². The van der Waals surface area contributed by atoms with Crippen molar-refractivity contribution in [2.75, 3.05) is 20.1 Å².